The number of nitrogens with one attached hydrogen (secondary N) is 2. The van der Waals surface area contributed by atoms with Crippen LogP contribution >= 0.6 is 15.9 Å². The summed E-state index contributed by atoms with van der Waals surface area (Å²) in [5, 5.41) is 9.80. The van der Waals surface area contributed by atoms with Crippen LogP contribution in [0, 0.1) is 0 Å². The van der Waals surface area contributed by atoms with E-state index in [9.17, 15) is 4.79 Å². The maximum Gasteiger partial charge on any atom is 0.273 e. The lowest BCUT2D eigenvalue weighted by Crippen LogP contribution is -2.16. The van der Waals surface area contributed by atoms with E-state index >= 15 is 0 Å². The van der Waals surface area contributed by atoms with Crippen molar-refractivity contribution < 1.29 is 4.79 Å². The summed E-state index contributed by atoms with van der Waals surface area (Å²) in [4.78, 5) is 12.2. The van der Waals surface area contributed by atoms with Gasteiger partial charge in [-0.1, -0.05) is 13.8 Å². The number of anilines is 1. The molecule has 102 valence electrons. The van der Waals surface area contributed by atoms with Crippen LogP contribution in [0.3, 0.4) is 0 Å². The molecule has 6 heteroatoms. The molecule has 0 spiro atoms. The Morgan fingerprint density at radius 1 is 1.53 bits per heavy atom. The van der Waals surface area contributed by atoms with Crippen LogP contribution in [0.2, 0.25) is 0 Å². The maximum absolute atomic E-state index is 12.2. The highest BCUT2D eigenvalue weighted by atomic mass is 79.9. The van der Waals surface area contributed by atoms with E-state index in [1.54, 1.807) is 6.07 Å². The quantitative estimate of drug-likeness (QED) is 0.905. The zero-order valence-corrected chi connectivity index (χ0v) is 12.8. The Labute approximate surface area is 120 Å². The molecule has 0 aliphatic heterocycles. The number of nitrogens with zero attached hydrogens (tertiary/aromatic N) is 2. The van der Waals surface area contributed by atoms with Crippen molar-refractivity contribution in [1.29, 1.82) is 0 Å². The third kappa shape index (κ3) is 3.07. The summed E-state index contributed by atoms with van der Waals surface area (Å²) in [6.07, 6.45) is 1.89. The molecule has 0 aliphatic rings. The van der Waals surface area contributed by atoms with Crippen LogP contribution in [0.15, 0.2) is 22.8 Å². The van der Waals surface area contributed by atoms with Crippen molar-refractivity contribution in [3.8, 4) is 0 Å². The fraction of sp³-hybridized carbons (Fsp3) is 0.385. The number of aryl methyl sites for hydroxylation is 1. The smallest absolute Gasteiger partial charge is 0.273 e. The average Bonchev–Trinajstić information content (AvgIpc) is 2.95. The summed E-state index contributed by atoms with van der Waals surface area (Å²) in [7, 11) is 0. The van der Waals surface area contributed by atoms with Crippen molar-refractivity contribution in [3.05, 3.63) is 34.2 Å². The van der Waals surface area contributed by atoms with Crippen molar-refractivity contribution >= 4 is 27.7 Å². The van der Waals surface area contributed by atoms with E-state index in [2.05, 4.69) is 45.3 Å². The van der Waals surface area contributed by atoms with Gasteiger partial charge in [0.15, 0.2) is 5.82 Å². The van der Waals surface area contributed by atoms with Crippen molar-refractivity contribution in [2.75, 3.05) is 5.32 Å². The van der Waals surface area contributed by atoms with Gasteiger partial charge < -0.3 is 9.88 Å². The second-order valence-electron chi connectivity index (χ2n) is 4.65. The first-order chi connectivity index (χ1) is 9.01. The van der Waals surface area contributed by atoms with Gasteiger partial charge in [0, 0.05) is 29.0 Å². The predicted octanol–water partition coefficient (Wildman–Crippen LogP) is 3.37. The van der Waals surface area contributed by atoms with Crippen LogP contribution < -0.4 is 5.32 Å². The molecular formula is C13H17BrN4O. The van der Waals surface area contributed by atoms with Gasteiger partial charge in [-0.15, -0.1) is 0 Å². The van der Waals surface area contributed by atoms with E-state index in [1.165, 1.54) is 0 Å². The molecule has 0 atom stereocenters. The molecule has 0 fully saturated rings. The molecule has 0 saturated heterocycles. The summed E-state index contributed by atoms with van der Waals surface area (Å²) in [5.74, 6) is 0.745. The Hall–Kier alpha value is -1.56. The Morgan fingerprint density at radius 3 is 2.84 bits per heavy atom. The predicted molar refractivity (Wildman–Crippen MR) is 78.4 cm³/mol. The molecule has 0 bridgehead atoms. The number of hydrogen-bond donors (Lipinski definition) is 2. The minimum Gasteiger partial charge on any atom is -0.343 e. The summed E-state index contributed by atoms with van der Waals surface area (Å²) < 4.78 is 2.78. The van der Waals surface area contributed by atoms with E-state index in [-0.39, 0.29) is 5.91 Å². The van der Waals surface area contributed by atoms with Gasteiger partial charge in [0.05, 0.1) is 0 Å². The molecule has 0 unspecified atom stereocenters. The van der Waals surface area contributed by atoms with Crippen LogP contribution in [0.1, 0.15) is 42.9 Å². The lowest BCUT2D eigenvalue weighted by molar-refractivity contribution is 0.101. The van der Waals surface area contributed by atoms with E-state index < -0.39 is 0 Å². The molecule has 2 aromatic rings. The van der Waals surface area contributed by atoms with Crippen LogP contribution in [0.5, 0.6) is 0 Å². The Kier molecular flexibility index (Phi) is 4.09. The zero-order valence-electron chi connectivity index (χ0n) is 11.2. The molecule has 2 heterocycles. The van der Waals surface area contributed by atoms with Crippen LogP contribution in [-0.4, -0.2) is 20.7 Å². The molecular weight excluding hydrogens is 308 g/mol. The first-order valence-corrected chi connectivity index (χ1v) is 7.03. The molecule has 1 amide bonds. The van der Waals surface area contributed by atoms with Crippen molar-refractivity contribution in [2.24, 2.45) is 0 Å². The number of hydrogen-bond acceptors (Lipinski definition) is 2. The van der Waals surface area contributed by atoms with Gasteiger partial charge in [0.2, 0.25) is 0 Å². The first kappa shape index (κ1) is 13.9. The van der Waals surface area contributed by atoms with E-state index in [0.717, 1.165) is 16.7 Å². The Bertz CT molecular complexity index is 585. The topological polar surface area (TPSA) is 62.7 Å². The lowest BCUT2D eigenvalue weighted by atomic mass is 10.1. The monoisotopic (exact) mass is 324 g/mol. The van der Waals surface area contributed by atoms with Crippen LogP contribution in [0.25, 0.3) is 0 Å². The third-order valence-electron chi connectivity index (χ3n) is 2.90. The van der Waals surface area contributed by atoms with E-state index in [0.29, 0.717) is 17.4 Å². The minimum atomic E-state index is -0.158. The highest BCUT2D eigenvalue weighted by Crippen LogP contribution is 2.18. The molecule has 5 nitrogen and oxygen atoms in total. The number of rotatable bonds is 4. The van der Waals surface area contributed by atoms with Crippen LogP contribution in [-0.2, 0) is 6.54 Å². The van der Waals surface area contributed by atoms with Gasteiger partial charge in [-0.05, 0) is 34.8 Å². The minimum absolute atomic E-state index is 0.158. The summed E-state index contributed by atoms with van der Waals surface area (Å²) in [5.41, 5.74) is 1.62. The molecule has 0 aliphatic carbocycles. The van der Waals surface area contributed by atoms with Gasteiger partial charge in [0.25, 0.3) is 5.91 Å². The molecule has 0 radical (unpaired) electrons. The summed E-state index contributed by atoms with van der Waals surface area (Å²) in [6.45, 7) is 6.87. The fourth-order valence-electron chi connectivity index (χ4n) is 1.80. The summed E-state index contributed by atoms with van der Waals surface area (Å²) in [6, 6.07) is 3.66. The number of H-pyrrole nitrogens is 1. The van der Waals surface area contributed by atoms with E-state index in [1.807, 2.05) is 23.8 Å². The SMILES string of the molecule is CCn1cc(Br)cc1C(=O)Nc1cc(C(C)C)[nH]n1. The van der Waals surface area contributed by atoms with Gasteiger partial charge in [0.1, 0.15) is 5.69 Å². The second-order valence-corrected chi connectivity index (χ2v) is 5.56. The average molecular weight is 325 g/mol. The van der Waals surface area contributed by atoms with Gasteiger partial charge >= 0.3 is 0 Å². The number of aromatic nitrogens is 3. The lowest BCUT2D eigenvalue weighted by Gasteiger charge is -2.05. The standard InChI is InChI=1S/C13H17BrN4O/c1-4-18-7-9(14)5-11(18)13(19)15-12-6-10(8(2)3)16-17-12/h5-8H,4H2,1-3H3,(H2,15,16,17,19). The highest BCUT2D eigenvalue weighted by Gasteiger charge is 2.14. The Morgan fingerprint density at radius 2 is 2.26 bits per heavy atom. The number of carbonyl (C=O) groups excluding carboxylic acids is 1. The largest absolute Gasteiger partial charge is 0.343 e. The second kappa shape index (κ2) is 5.61. The molecule has 2 rings (SSSR count). The zero-order chi connectivity index (χ0) is 14.0. The maximum atomic E-state index is 12.2. The fourth-order valence-corrected chi connectivity index (χ4v) is 2.27. The van der Waals surface area contributed by atoms with E-state index in [4.69, 9.17) is 0 Å². The number of carbonyl (C=O) groups is 1. The summed E-state index contributed by atoms with van der Waals surface area (Å²) >= 11 is 3.38. The van der Waals surface area contributed by atoms with Crippen molar-refractivity contribution in [2.45, 2.75) is 33.2 Å². The molecule has 2 N–H and O–H groups in total. The van der Waals surface area contributed by atoms with Crippen molar-refractivity contribution in [1.82, 2.24) is 14.8 Å². The number of halogens is 1. The number of amides is 1. The normalized spacial score (nSPS) is 11.0. The third-order valence-corrected chi connectivity index (χ3v) is 3.33. The molecule has 0 saturated carbocycles. The molecule has 2 aromatic heterocycles. The van der Waals surface area contributed by atoms with Gasteiger partial charge in [-0.3, -0.25) is 9.89 Å². The van der Waals surface area contributed by atoms with Gasteiger partial charge in [-0.2, -0.15) is 5.10 Å². The molecule has 0 aromatic carbocycles. The highest BCUT2D eigenvalue weighted by molar-refractivity contribution is 9.10. The Balaban J connectivity index is 2.15. The van der Waals surface area contributed by atoms with Crippen molar-refractivity contribution in [3.63, 3.8) is 0 Å². The van der Waals surface area contributed by atoms with Gasteiger partial charge in [-0.25, -0.2) is 0 Å². The number of aromatic amines is 1. The van der Waals surface area contributed by atoms with Crippen LogP contribution in [0.4, 0.5) is 5.82 Å². The first-order valence-electron chi connectivity index (χ1n) is 6.23. The molecule has 19 heavy (non-hydrogen) atoms.